The van der Waals surface area contributed by atoms with E-state index in [1.54, 1.807) is 0 Å². The van der Waals surface area contributed by atoms with Gasteiger partial charge in [0.15, 0.2) is 5.96 Å². The molecule has 2 aromatic rings. The average molecular weight is 527 g/mol. The molecular weight excluding hydrogens is 500 g/mol. The number of nitrogens with one attached hydrogen (secondary N) is 3. The first-order valence-electron chi connectivity index (χ1n) is 10.9. The van der Waals surface area contributed by atoms with Crippen molar-refractivity contribution in [3.05, 3.63) is 51.2 Å². The molecule has 1 aromatic carbocycles. The normalized spacial score (nSPS) is 14.7. The van der Waals surface area contributed by atoms with Gasteiger partial charge in [0.05, 0.1) is 4.90 Å². The number of unbranched alkanes of at least 4 members (excludes halogenated alkanes) is 1. The number of hydrogen-bond donors (Lipinski definition) is 4. The van der Waals surface area contributed by atoms with Crippen molar-refractivity contribution in [1.82, 2.24) is 15.4 Å². The van der Waals surface area contributed by atoms with Gasteiger partial charge in [-0.25, -0.2) is 8.42 Å². The minimum Gasteiger partial charge on any atom is -0.480 e. The number of aryl methyl sites for hydroxylation is 1. The maximum absolute atomic E-state index is 12.6. The fraction of sp³-hybridized carbons (Fsp3) is 0.409. The van der Waals surface area contributed by atoms with Gasteiger partial charge in [-0.05, 0) is 56.0 Å². The van der Waals surface area contributed by atoms with Crippen LogP contribution in [0.3, 0.4) is 0 Å². The van der Waals surface area contributed by atoms with Crippen LogP contribution in [0.25, 0.3) is 0 Å². The van der Waals surface area contributed by atoms with E-state index in [1.807, 2.05) is 12.1 Å². The van der Waals surface area contributed by atoms with Crippen LogP contribution in [0.2, 0.25) is 5.02 Å². The zero-order chi connectivity index (χ0) is 24.6. The highest BCUT2D eigenvalue weighted by Gasteiger charge is 2.26. The largest absolute Gasteiger partial charge is 0.480 e. The third-order valence-electron chi connectivity index (χ3n) is 5.06. The van der Waals surface area contributed by atoms with Gasteiger partial charge < -0.3 is 10.4 Å². The van der Waals surface area contributed by atoms with Gasteiger partial charge in [-0.15, -0.1) is 11.3 Å². The van der Waals surface area contributed by atoms with Gasteiger partial charge in [-0.1, -0.05) is 17.7 Å². The number of aliphatic carboxylic acids is 1. The minimum atomic E-state index is -4.04. The lowest BCUT2D eigenvalue weighted by molar-refractivity contribution is -0.138. The Bertz CT molecular complexity index is 1150. The molecule has 1 atom stereocenters. The Kier molecular flexibility index (Phi) is 9.45. The molecule has 0 bridgehead atoms. The zero-order valence-corrected chi connectivity index (χ0v) is 20.8. The van der Waals surface area contributed by atoms with Gasteiger partial charge in [0.25, 0.3) is 0 Å². The van der Waals surface area contributed by atoms with Crippen LogP contribution < -0.4 is 15.4 Å². The second kappa shape index (κ2) is 12.3. The van der Waals surface area contributed by atoms with Gasteiger partial charge >= 0.3 is 5.97 Å². The summed E-state index contributed by atoms with van der Waals surface area (Å²) in [4.78, 5) is 29.6. The van der Waals surface area contributed by atoms with Gasteiger partial charge in [0, 0.05) is 40.7 Å². The monoisotopic (exact) mass is 526 g/mol. The van der Waals surface area contributed by atoms with E-state index in [0.29, 0.717) is 25.3 Å². The fourth-order valence-electron chi connectivity index (χ4n) is 3.33. The zero-order valence-electron chi connectivity index (χ0n) is 18.4. The number of guanidine groups is 1. The molecule has 0 radical (unpaired) electrons. The van der Waals surface area contributed by atoms with E-state index < -0.39 is 22.0 Å². The fourth-order valence-corrected chi connectivity index (χ4v) is 5.93. The van der Waals surface area contributed by atoms with Gasteiger partial charge in [0.2, 0.25) is 15.9 Å². The van der Waals surface area contributed by atoms with E-state index in [2.05, 4.69) is 20.3 Å². The predicted octanol–water partition coefficient (Wildman–Crippen LogP) is 2.55. The molecule has 3 rings (SSSR count). The number of sulfonamides is 1. The Balaban J connectivity index is 1.47. The molecule has 0 spiro atoms. The number of carbonyl (C=O) groups is 2. The second-order valence-corrected chi connectivity index (χ2v) is 11.2. The summed E-state index contributed by atoms with van der Waals surface area (Å²) in [6, 6.07) is 8.06. The summed E-state index contributed by atoms with van der Waals surface area (Å²) in [7, 11) is -4.04. The van der Waals surface area contributed by atoms with E-state index in [9.17, 15) is 23.1 Å². The van der Waals surface area contributed by atoms with E-state index in [0.717, 1.165) is 35.6 Å². The summed E-state index contributed by atoms with van der Waals surface area (Å²) in [6.45, 7) is 1.53. The maximum Gasteiger partial charge on any atom is 0.322 e. The number of carboxylic acids is 1. The maximum atomic E-state index is 12.6. The van der Waals surface area contributed by atoms with Crippen LogP contribution in [0.1, 0.15) is 35.4 Å². The molecule has 12 heteroatoms. The Morgan fingerprint density at radius 1 is 1.21 bits per heavy atom. The molecule has 2 heterocycles. The Labute approximate surface area is 207 Å². The van der Waals surface area contributed by atoms with E-state index in [4.69, 9.17) is 11.6 Å². The molecule has 1 aromatic heterocycles. The SMILES string of the molecule is O=C(CCCCc1ccc(CC(NS(=O)(=O)c2cccc(Cl)c2)C(=O)O)s1)NC1=NCCCN1. The molecule has 1 aliphatic heterocycles. The summed E-state index contributed by atoms with van der Waals surface area (Å²) in [5.74, 6) is -0.793. The van der Waals surface area contributed by atoms with Crippen molar-refractivity contribution in [1.29, 1.82) is 0 Å². The molecule has 1 aliphatic rings. The molecule has 34 heavy (non-hydrogen) atoms. The third-order valence-corrected chi connectivity index (χ3v) is 7.93. The first-order valence-corrected chi connectivity index (χ1v) is 13.6. The van der Waals surface area contributed by atoms with Crippen molar-refractivity contribution in [3.8, 4) is 0 Å². The summed E-state index contributed by atoms with van der Waals surface area (Å²) < 4.78 is 27.4. The number of benzene rings is 1. The van der Waals surface area contributed by atoms with Crippen LogP contribution >= 0.6 is 22.9 Å². The molecule has 9 nitrogen and oxygen atoms in total. The molecular formula is C22H27ClN4O5S2. The molecule has 0 saturated heterocycles. The number of carboxylic acid groups (broad SMARTS) is 1. The van der Waals surface area contributed by atoms with Crippen molar-refractivity contribution >= 4 is 50.8 Å². The van der Waals surface area contributed by atoms with E-state index >= 15 is 0 Å². The van der Waals surface area contributed by atoms with E-state index in [-0.39, 0.29) is 22.2 Å². The van der Waals surface area contributed by atoms with E-state index in [1.165, 1.54) is 35.6 Å². The number of halogens is 1. The number of carbonyl (C=O) groups excluding carboxylic acids is 1. The lowest BCUT2D eigenvalue weighted by Gasteiger charge is -2.14. The predicted molar refractivity (Wildman–Crippen MR) is 132 cm³/mol. The van der Waals surface area contributed by atoms with Crippen molar-refractivity contribution in [2.24, 2.45) is 4.99 Å². The van der Waals surface area contributed by atoms with Crippen LogP contribution in [-0.4, -0.2) is 50.5 Å². The highest BCUT2D eigenvalue weighted by Crippen LogP contribution is 2.22. The van der Waals surface area contributed by atoms with Crippen molar-refractivity contribution in [2.75, 3.05) is 13.1 Å². The topological polar surface area (TPSA) is 137 Å². The van der Waals surface area contributed by atoms with Crippen LogP contribution in [0.4, 0.5) is 0 Å². The van der Waals surface area contributed by atoms with Gasteiger partial charge in [-0.2, -0.15) is 4.72 Å². The lowest BCUT2D eigenvalue weighted by atomic mass is 10.1. The van der Waals surface area contributed by atoms with Crippen LogP contribution in [-0.2, 0) is 32.5 Å². The minimum absolute atomic E-state index is 0.0251. The van der Waals surface area contributed by atoms with Crippen molar-refractivity contribution < 1.29 is 23.1 Å². The molecule has 0 aliphatic carbocycles. The Morgan fingerprint density at radius 3 is 2.71 bits per heavy atom. The standard InChI is InChI=1S/C22H27ClN4O5S2/c23-15-5-3-7-18(13-15)34(31,32)27-19(21(29)30)14-17-10-9-16(33-17)6-1-2-8-20(28)26-22-24-11-4-12-25-22/h3,5,7,9-10,13,19,27H,1-2,4,6,8,11-12,14H2,(H,29,30)(H2,24,25,26,28). The first kappa shape index (κ1) is 26.1. The molecule has 1 amide bonds. The van der Waals surface area contributed by atoms with Crippen molar-refractivity contribution in [2.45, 2.75) is 49.5 Å². The molecule has 4 N–H and O–H groups in total. The molecule has 0 saturated carbocycles. The lowest BCUT2D eigenvalue weighted by Crippen LogP contribution is -2.43. The van der Waals surface area contributed by atoms with Crippen LogP contribution in [0.15, 0.2) is 46.3 Å². The van der Waals surface area contributed by atoms with Gasteiger partial charge in [0.1, 0.15) is 6.04 Å². The molecule has 1 unspecified atom stereocenters. The number of amides is 1. The second-order valence-electron chi connectivity index (χ2n) is 7.81. The van der Waals surface area contributed by atoms with Crippen LogP contribution in [0, 0.1) is 0 Å². The summed E-state index contributed by atoms with van der Waals surface area (Å²) in [5, 5.41) is 15.6. The number of aliphatic imine (C=N–C) groups is 1. The number of hydrogen-bond acceptors (Lipinski definition) is 7. The average Bonchev–Trinajstić information content (AvgIpc) is 3.24. The highest BCUT2D eigenvalue weighted by atomic mass is 35.5. The quantitative estimate of drug-likeness (QED) is 0.332. The van der Waals surface area contributed by atoms with Gasteiger partial charge in [-0.3, -0.25) is 19.9 Å². The molecule has 184 valence electrons. The number of nitrogens with zero attached hydrogens (tertiary/aromatic N) is 1. The summed E-state index contributed by atoms with van der Waals surface area (Å²) in [5.41, 5.74) is 0. The summed E-state index contributed by atoms with van der Waals surface area (Å²) in [6.07, 6.45) is 3.65. The van der Waals surface area contributed by atoms with Crippen molar-refractivity contribution in [3.63, 3.8) is 0 Å². The van der Waals surface area contributed by atoms with Crippen LogP contribution in [0.5, 0.6) is 0 Å². The Hall–Kier alpha value is -2.47. The first-order chi connectivity index (χ1) is 16.2. The number of rotatable bonds is 11. The third kappa shape index (κ3) is 8.08. The molecule has 0 fully saturated rings. The highest BCUT2D eigenvalue weighted by molar-refractivity contribution is 7.89. The smallest absolute Gasteiger partial charge is 0.322 e. The summed E-state index contributed by atoms with van der Waals surface area (Å²) >= 11 is 7.30. The number of thiophene rings is 1. The Morgan fingerprint density at radius 2 is 2.00 bits per heavy atom.